The van der Waals surface area contributed by atoms with Crippen LogP contribution in [-0.2, 0) is 6.54 Å². The fourth-order valence-corrected chi connectivity index (χ4v) is 3.41. The molecular formula is C17H28N4S. The number of nitrogens with two attached hydrogens (primary N) is 1. The van der Waals surface area contributed by atoms with E-state index in [0.29, 0.717) is 6.04 Å². The molecule has 0 aliphatic carbocycles. The van der Waals surface area contributed by atoms with Gasteiger partial charge in [0.25, 0.3) is 0 Å². The minimum atomic E-state index is 0.494. The normalized spacial score (nSPS) is 17.8. The van der Waals surface area contributed by atoms with E-state index in [1.807, 2.05) is 11.8 Å². The van der Waals surface area contributed by atoms with E-state index in [-0.39, 0.29) is 0 Å². The summed E-state index contributed by atoms with van der Waals surface area (Å²) in [4.78, 5) is 9.14. The molecule has 1 aromatic rings. The van der Waals surface area contributed by atoms with Crippen LogP contribution in [0.1, 0.15) is 18.9 Å². The first-order valence-corrected chi connectivity index (χ1v) is 9.19. The second kappa shape index (κ2) is 9.06. The largest absolute Gasteiger partial charge is 0.370 e. The summed E-state index contributed by atoms with van der Waals surface area (Å²) in [5, 5.41) is 0. The van der Waals surface area contributed by atoms with Crippen LogP contribution in [0.4, 0.5) is 0 Å². The summed E-state index contributed by atoms with van der Waals surface area (Å²) in [7, 11) is 2.17. The Hall–Kier alpha value is -1.20. The van der Waals surface area contributed by atoms with Gasteiger partial charge in [-0.05, 0) is 26.0 Å². The Bertz CT molecular complexity index is 457. The van der Waals surface area contributed by atoms with E-state index in [0.717, 1.165) is 50.1 Å². The van der Waals surface area contributed by atoms with Gasteiger partial charge >= 0.3 is 0 Å². The van der Waals surface area contributed by atoms with Crippen molar-refractivity contribution in [1.29, 1.82) is 0 Å². The van der Waals surface area contributed by atoms with Crippen molar-refractivity contribution in [2.24, 2.45) is 10.7 Å². The number of aliphatic imine (C=N–C) groups is 1. The van der Waals surface area contributed by atoms with Crippen LogP contribution in [0.5, 0.6) is 0 Å². The van der Waals surface area contributed by atoms with Crippen molar-refractivity contribution in [3.8, 4) is 0 Å². The number of hydrogen-bond donors (Lipinski definition) is 1. The molecule has 1 saturated heterocycles. The van der Waals surface area contributed by atoms with Gasteiger partial charge in [-0.25, -0.2) is 0 Å². The number of rotatable bonds is 6. The second-order valence-electron chi connectivity index (χ2n) is 5.88. The highest BCUT2D eigenvalue weighted by Crippen LogP contribution is 2.10. The predicted octanol–water partition coefficient (Wildman–Crippen LogP) is 2.26. The lowest BCUT2D eigenvalue weighted by Crippen LogP contribution is -2.42. The molecule has 0 saturated carbocycles. The predicted molar refractivity (Wildman–Crippen MR) is 97.4 cm³/mol. The minimum absolute atomic E-state index is 0.494. The average molecular weight is 321 g/mol. The lowest BCUT2D eigenvalue weighted by Gasteiger charge is -2.27. The Morgan fingerprint density at radius 1 is 1.32 bits per heavy atom. The molecule has 2 N–H and O–H groups in total. The van der Waals surface area contributed by atoms with Crippen LogP contribution in [0.15, 0.2) is 35.3 Å². The summed E-state index contributed by atoms with van der Waals surface area (Å²) in [5.74, 6) is 3.04. The van der Waals surface area contributed by atoms with Crippen molar-refractivity contribution in [3.05, 3.63) is 35.9 Å². The van der Waals surface area contributed by atoms with E-state index in [1.54, 1.807) is 0 Å². The molecule has 4 nitrogen and oxygen atoms in total. The molecule has 0 radical (unpaired) electrons. The third-order valence-electron chi connectivity index (χ3n) is 4.18. The average Bonchev–Trinajstić information content (AvgIpc) is 2.56. The van der Waals surface area contributed by atoms with E-state index in [9.17, 15) is 0 Å². The Balaban J connectivity index is 1.73. The van der Waals surface area contributed by atoms with Crippen LogP contribution in [0.3, 0.4) is 0 Å². The van der Waals surface area contributed by atoms with Gasteiger partial charge in [0.05, 0.1) is 0 Å². The molecule has 1 aromatic carbocycles. The summed E-state index contributed by atoms with van der Waals surface area (Å²) in [6.07, 6.45) is 1.03. The topological polar surface area (TPSA) is 44.9 Å². The van der Waals surface area contributed by atoms with Gasteiger partial charge in [-0.15, -0.1) is 0 Å². The van der Waals surface area contributed by atoms with E-state index < -0.39 is 0 Å². The monoisotopic (exact) mass is 320 g/mol. The number of thioether (sulfide) groups is 1. The Morgan fingerprint density at radius 2 is 2.00 bits per heavy atom. The molecule has 1 heterocycles. The number of guanidine groups is 1. The summed E-state index contributed by atoms with van der Waals surface area (Å²) in [6.45, 7) is 6.10. The molecule has 1 aliphatic heterocycles. The van der Waals surface area contributed by atoms with Gasteiger partial charge in [0.2, 0.25) is 0 Å². The highest BCUT2D eigenvalue weighted by Gasteiger charge is 2.13. The van der Waals surface area contributed by atoms with Crippen molar-refractivity contribution in [2.45, 2.75) is 25.9 Å². The SMILES string of the molecule is CC(CCN=C(N)N1CCSCC1)N(C)Cc1ccccc1. The quantitative estimate of drug-likeness (QED) is 0.645. The highest BCUT2D eigenvalue weighted by atomic mass is 32.2. The second-order valence-corrected chi connectivity index (χ2v) is 7.10. The molecule has 22 heavy (non-hydrogen) atoms. The van der Waals surface area contributed by atoms with Crippen molar-refractivity contribution in [1.82, 2.24) is 9.80 Å². The van der Waals surface area contributed by atoms with Gasteiger partial charge in [0, 0.05) is 43.7 Å². The van der Waals surface area contributed by atoms with E-state index in [2.05, 4.69) is 59.1 Å². The molecule has 0 bridgehead atoms. The van der Waals surface area contributed by atoms with Gasteiger partial charge in [-0.1, -0.05) is 30.3 Å². The van der Waals surface area contributed by atoms with Gasteiger partial charge in [0.1, 0.15) is 0 Å². The van der Waals surface area contributed by atoms with E-state index in [4.69, 9.17) is 5.73 Å². The third kappa shape index (κ3) is 5.54. The molecule has 1 aliphatic rings. The van der Waals surface area contributed by atoms with E-state index >= 15 is 0 Å². The van der Waals surface area contributed by atoms with Crippen LogP contribution >= 0.6 is 11.8 Å². The maximum absolute atomic E-state index is 6.09. The molecule has 0 spiro atoms. The summed E-state index contributed by atoms with van der Waals surface area (Å²) < 4.78 is 0. The third-order valence-corrected chi connectivity index (χ3v) is 5.13. The summed E-state index contributed by atoms with van der Waals surface area (Å²) >= 11 is 1.99. The van der Waals surface area contributed by atoms with Crippen molar-refractivity contribution < 1.29 is 0 Å². The summed E-state index contributed by atoms with van der Waals surface area (Å²) in [6, 6.07) is 11.1. The molecule has 5 heteroatoms. The van der Waals surface area contributed by atoms with Gasteiger partial charge < -0.3 is 10.6 Å². The van der Waals surface area contributed by atoms with Gasteiger partial charge in [-0.2, -0.15) is 11.8 Å². The molecule has 122 valence electrons. The molecule has 1 fully saturated rings. The number of nitrogens with zero attached hydrogens (tertiary/aromatic N) is 3. The molecule has 0 aromatic heterocycles. The van der Waals surface area contributed by atoms with Gasteiger partial charge in [-0.3, -0.25) is 9.89 Å². The first-order chi connectivity index (χ1) is 10.7. The standard InChI is InChI=1S/C17H28N4S/c1-15(20(2)14-16-6-4-3-5-7-16)8-9-19-17(18)21-10-12-22-13-11-21/h3-7,15H,8-14H2,1-2H3,(H2,18,19). The smallest absolute Gasteiger partial charge is 0.191 e. The fraction of sp³-hybridized carbons (Fsp3) is 0.588. The molecular weight excluding hydrogens is 292 g/mol. The van der Waals surface area contributed by atoms with Crippen LogP contribution in [0.25, 0.3) is 0 Å². The van der Waals surface area contributed by atoms with Crippen molar-refractivity contribution >= 4 is 17.7 Å². The van der Waals surface area contributed by atoms with Gasteiger partial charge in [0.15, 0.2) is 5.96 Å². The Kier molecular flexibility index (Phi) is 7.06. The molecule has 1 atom stereocenters. The fourth-order valence-electron chi connectivity index (χ4n) is 2.51. The van der Waals surface area contributed by atoms with Crippen molar-refractivity contribution in [3.63, 3.8) is 0 Å². The van der Waals surface area contributed by atoms with Crippen LogP contribution in [0, 0.1) is 0 Å². The zero-order valence-electron chi connectivity index (χ0n) is 13.7. The van der Waals surface area contributed by atoms with Crippen molar-refractivity contribution in [2.75, 3.05) is 38.2 Å². The van der Waals surface area contributed by atoms with Crippen LogP contribution < -0.4 is 5.73 Å². The first kappa shape index (κ1) is 17.2. The first-order valence-electron chi connectivity index (χ1n) is 8.03. The van der Waals surface area contributed by atoms with Crippen LogP contribution in [-0.4, -0.2) is 60.0 Å². The molecule has 0 amide bonds. The zero-order chi connectivity index (χ0) is 15.8. The minimum Gasteiger partial charge on any atom is -0.370 e. The Morgan fingerprint density at radius 3 is 2.68 bits per heavy atom. The zero-order valence-corrected chi connectivity index (χ0v) is 14.6. The van der Waals surface area contributed by atoms with E-state index in [1.165, 1.54) is 5.56 Å². The maximum atomic E-state index is 6.09. The summed E-state index contributed by atoms with van der Waals surface area (Å²) in [5.41, 5.74) is 7.44. The number of benzene rings is 1. The van der Waals surface area contributed by atoms with Crippen LogP contribution in [0.2, 0.25) is 0 Å². The maximum Gasteiger partial charge on any atom is 0.191 e. The number of hydrogen-bond acceptors (Lipinski definition) is 3. The Labute approximate surface area is 138 Å². The molecule has 1 unspecified atom stereocenters. The lowest BCUT2D eigenvalue weighted by atomic mass is 10.1. The lowest BCUT2D eigenvalue weighted by molar-refractivity contribution is 0.240. The molecule has 2 rings (SSSR count). The highest BCUT2D eigenvalue weighted by molar-refractivity contribution is 7.99.